The molecule has 0 radical (unpaired) electrons. The van der Waals surface area contributed by atoms with Crippen LogP contribution in [0.4, 0.5) is 0 Å². The fraction of sp³-hybridized carbons (Fsp3) is 1.00. The quantitative estimate of drug-likeness (QED) is 0.795. The standard InChI is InChI=1S/C14H27NO2/c1-2-12-4-7-13(10-15,8-5-12)14(16)6-3-9-17-11-14/h12,16H,2-11,15H2,1H3. The maximum absolute atomic E-state index is 10.9. The third kappa shape index (κ3) is 2.38. The molecule has 3 heteroatoms. The predicted molar refractivity (Wildman–Crippen MR) is 68.7 cm³/mol. The Morgan fingerprint density at radius 3 is 2.47 bits per heavy atom. The van der Waals surface area contributed by atoms with E-state index < -0.39 is 5.60 Å². The number of ether oxygens (including phenoxy) is 1. The van der Waals surface area contributed by atoms with Gasteiger partial charge >= 0.3 is 0 Å². The smallest absolute Gasteiger partial charge is 0.0948 e. The third-order valence-electron chi connectivity index (χ3n) is 5.24. The summed E-state index contributed by atoms with van der Waals surface area (Å²) < 4.78 is 5.51. The van der Waals surface area contributed by atoms with Gasteiger partial charge in [-0.25, -0.2) is 0 Å². The summed E-state index contributed by atoms with van der Waals surface area (Å²) in [4.78, 5) is 0. The Labute approximate surface area is 105 Å². The number of aliphatic hydroxyl groups is 1. The highest BCUT2D eigenvalue weighted by atomic mass is 16.5. The van der Waals surface area contributed by atoms with Gasteiger partial charge in [0.1, 0.15) is 0 Å². The average Bonchev–Trinajstić information content (AvgIpc) is 2.39. The largest absolute Gasteiger partial charge is 0.387 e. The number of hydrogen-bond acceptors (Lipinski definition) is 3. The van der Waals surface area contributed by atoms with E-state index in [1.54, 1.807) is 0 Å². The first-order valence-electron chi connectivity index (χ1n) is 7.16. The third-order valence-corrected chi connectivity index (χ3v) is 5.24. The molecule has 1 heterocycles. The molecule has 0 aromatic heterocycles. The van der Waals surface area contributed by atoms with Crippen LogP contribution in [-0.2, 0) is 4.74 Å². The summed E-state index contributed by atoms with van der Waals surface area (Å²) in [7, 11) is 0. The molecule has 2 fully saturated rings. The lowest BCUT2D eigenvalue weighted by atomic mass is 9.59. The first-order valence-corrected chi connectivity index (χ1v) is 7.16. The van der Waals surface area contributed by atoms with Gasteiger partial charge < -0.3 is 15.6 Å². The Morgan fingerprint density at radius 2 is 2.00 bits per heavy atom. The molecule has 17 heavy (non-hydrogen) atoms. The SMILES string of the molecule is CCC1CCC(CN)(C2(O)CCCOC2)CC1. The number of hydrogen-bond donors (Lipinski definition) is 2. The summed E-state index contributed by atoms with van der Waals surface area (Å²) in [6, 6.07) is 0. The lowest BCUT2D eigenvalue weighted by Crippen LogP contribution is -2.58. The second-order valence-corrected chi connectivity index (χ2v) is 6.02. The van der Waals surface area contributed by atoms with Gasteiger partial charge in [-0.3, -0.25) is 0 Å². The van der Waals surface area contributed by atoms with E-state index in [9.17, 15) is 5.11 Å². The Bertz CT molecular complexity index is 241. The zero-order valence-corrected chi connectivity index (χ0v) is 11.1. The van der Waals surface area contributed by atoms with E-state index in [-0.39, 0.29) is 5.41 Å². The first kappa shape index (κ1) is 13.3. The van der Waals surface area contributed by atoms with Crippen LogP contribution in [0.5, 0.6) is 0 Å². The monoisotopic (exact) mass is 241 g/mol. The lowest BCUT2D eigenvalue weighted by Gasteiger charge is -2.51. The van der Waals surface area contributed by atoms with Gasteiger partial charge in [0.15, 0.2) is 0 Å². The maximum atomic E-state index is 10.9. The van der Waals surface area contributed by atoms with Gasteiger partial charge in [-0.2, -0.15) is 0 Å². The molecular formula is C14H27NO2. The molecule has 0 bridgehead atoms. The second kappa shape index (κ2) is 5.25. The molecule has 3 nitrogen and oxygen atoms in total. The van der Waals surface area contributed by atoms with Crippen LogP contribution in [0.25, 0.3) is 0 Å². The molecular weight excluding hydrogens is 214 g/mol. The van der Waals surface area contributed by atoms with Gasteiger partial charge in [-0.05, 0) is 44.4 Å². The Balaban J connectivity index is 2.09. The van der Waals surface area contributed by atoms with Crippen LogP contribution in [0.1, 0.15) is 51.9 Å². The zero-order valence-electron chi connectivity index (χ0n) is 11.1. The van der Waals surface area contributed by atoms with Crippen LogP contribution < -0.4 is 5.73 Å². The molecule has 1 saturated carbocycles. The zero-order chi connectivity index (χ0) is 12.4. The Hall–Kier alpha value is -0.120. The molecule has 0 aromatic rings. The van der Waals surface area contributed by atoms with Crippen molar-refractivity contribution in [3.05, 3.63) is 0 Å². The maximum Gasteiger partial charge on any atom is 0.0948 e. The van der Waals surface area contributed by atoms with Gasteiger partial charge in [0, 0.05) is 18.6 Å². The van der Waals surface area contributed by atoms with E-state index in [4.69, 9.17) is 10.5 Å². The van der Waals surface area contributed by atoms with Gasteiger partial charge in [-0.1, -0.05) is 13.3 Å². The highest BCUT2D eigenvalue weighted by Crippen LogP contribution is 2.49. The van der Waals surface area contributed by atoms with Gasteiger partial charge in [0.2, 0.25) is 0 Å². The van der Waals surface area contributed by atoms with Crippen LogP contribution in [0.3, 0.4) is 0 Å². The van der Waals surface area contributed by atoms with E-state index in [0.717, 1.165) is 38.2 Å². The van der Waals surface area contributed by atoms with Crippen molar-refractivity contribution in [2.45, 2.75) is 57.5 Å². The lowest BCUT2D eigenvalue weighted by molar-refractivity contribution is -0.172. The van der Waals surface area contributed by atoms with Crippen LogP contribution in [0.2, 0.25) is 0 Å². The van der Waals surface area contributed by atoms with Crippen LogP contribution in [0, 0.1) is 11.3 Å². The minimum absolute atomic E-state index is 0.0842. The van der Waals surface area contributed by atoms with E-state index in [1.165, 1.54) is 19.3 Å². The second-order valence-electron chi connectivity index (χ2n) is 6.02. The predicted octanol–water partition coefficient (Wildman–Crippen LogP) is 2.07. The molecule has 0 aromatic carbocycles. The van der Waals surface area contributed by atoms with Gasteiger partial charge in [0.25, 0.3) is 0 Å². The molecule has 2 rings (SSSR count). The van der Waals surface area contributed by atoms with Crippen molar-refractivity contribution in [2.75, 3.05) is 19.8 Å². The van der Waals surface area contributed by atoms with Crippen LogP contribution in [0.15, 0.2) is 0 Å². The molecule has 0 spiro atoms. The summed E-state index contributed by atoms with van der Waals surface area (Å²) in [5.41, 5.74) is 5.27. The van der Waals surface area contributed by atoms with Crippen molar-refractivity contribution < 1.29 is 9.84 Å². The minimum Gasteiger partial charge on any atom is -0.387 e. The van der Waals surface area contributed by atoms with Crippen molar-refractivity contribution in [2.24, 2.45) is 17.1 Å². The summed E-state index contributed by atoms with van der Waals surface area (Å²) >= 11 is 0. The van der Waals surface area contributed by atoms with Crippen molar-refractivity contribution in [3.63, 3.8) is 0 Å². The van der Waals surface area contributed by atoms with E-state index in [1.807, 2.05) is 0 Å². The summed E-state index contributed by atoms with van der Waals surface area (Å²) in [5, 5.41) is 10.9. The molecule has 1 saturated heterocycles. The van der Waals surface area contributed by atoms with Crippen molar-refractivity contribution in [1.82, 2.24) is 0 Å². The number of nitrogens with two attached hydrogens (primary N) is 1. The molecule has 1 atom stereocenters. The van der Waals surface area contributed by atoms with E-state index in [2.05, 4.69) is 6.92 Å². The highest BCUT2D eigenvalue weighted by Gasteiger charge is 2.51. The molecule has 100 valence electrons. The van der Waals surface area contributed by atoms with E-state index in [0.29, 0.717) is 13.2 Å². The topological polar surface area (TPSA) is 55.5 Å². The summed E-state index contributed by atoms with van der Waals surface area (Å²) in [5.74, 6) is 0.836. The van der Waals surface area contributed by atoms with Gasteiger partial charge in [-0.15, -0.1) is 0 Å². The molecule has 2 aliphatic rings. The Kier molecular flexibility index (Phi) is 4.11. The number of rotatable bonds is 3. The summed E-state index contributed by atoms with van der Waals surface area (Å²) in [6.45, 7) is 4.14. The normalized spacial score (nSPS) is 43.6. The van der Waals surface area contributed by atoms with Crippen molar-refractivity contribution in [3.8, 4) is 0 Å². The first-order chi connectivity index (χ1) is 8.16. The van der Waals surface area contributed by atoms with Crippen molar-refractivity contribution >= 4 is 0 Å². The van der Waals surface area contributed by atoms with Crippen LogP contribution >= 0.6 is 0 Å². The van der Waals surface area contributed by atoms with Crippen molar-refractivity contribution in [1.29, 1.82) is 0 Å². The fourth-order valence-corrected chi connectivity index (χ4v) is 3.70. The average molecular weight is 241 g/mol. The van der Waals surface area contributed by atoms with Gasteiger partial charge in [0.05, 0.1) is 12.2 Å². The highest BCUT2D eigenvalue weighted by molar-refractivity contribution is 5.02. The fourth-order valence-electron chi connectivity index (χ4n) is 3.70. The molecule has 1 aliphatic carbocycles. The summed E-state index contributed by atoms with van der Waals surface area (Å²) in [6.07, 6.45) is 7.67. The van der Waals surface area contributed by atoms with E-state index >= 15 is 0 Å². The molecule has 0 amide bonds. The minimum atomic E-state index is -0.668. The molecule has 1 unspecified atom stereocenters. The van der Waals surface area contributed by atoms with Crippen LogP contribution in [-0.4, -0.2) is 30.5 Å². The Morgan fingerprint density at radius 1 is 1.29 bits per heavy atom. The molecule has 3 N–H and O–H groups in total. The molecule has 1 aliphatic heterocycles.